The Morgan fingerprint density at radius 1 is 1.47 bits per heavy atom. The molecular weight excluding hydrogens is 250 g/mol. The zero-order valence-electron chi connectivity index (χ0n) is 11.1. The van der Waals surface area contributed by atoms with Gasteiger partial charge in [-0.3, -0.25) is 14.4 Å². The van der Waals surface area contributed by atoms with Crippen LogP contribution < -0.4 is 11.1 Å². The number of nitrogens with two attached hydrogens (primary N) is 1. The minimum Gasteiger partial charge on any atom is -0.395 e. The maximum Gasteiger partial charge on any atom is 0.234 e. The first-order valence-electron chi connectivity index (χ1n) is 6.44. The van der Waals surface area contributed by atoms with Crippen molar-refractivity contribution in [3.63, 3.8) is 0 Å². The van der Waals surface area contributed by atoms with Gasteiger partial charge in [0.1, 0.15) is 5.92 Å². The number of rotatable bonds is 5. The lowest BCUT2D eigenvalue weighted by atomic mass is 9.96. The molecule has 0 saturated carbocycles. The number of piperidine rings is 1. The molecule has 0 radical (unpaired) electrons. The van der Waals surface area contributed by atoms with Crippen molar-refractivity contribution in [2.45, 2.75) is 19.8 Å². The quantitative estimate of drug-likeness (QED) is 0.526. The second kappa shape index (κ2) is 7.08. The highest BCUT2D eigenvalue weighted by molar-refractivity contribution is 5.99. The molecule has 0 bridgehead atoms. The highest BCUT2D eigenvalue weighted by Gasteiger charge is 2.31. The highest BCUT2D eigenvalue weighted by atomic mass is 16.3. The van der Waals surface area contributed by atoms with Gasteiger partial charge >= 0.3 is 0 Å². The summed E-state index contributed by atoms with van der Waals surface area (Å²) in [4.78, 5) is 36.3. The molecule has 0 aliphatic carbocycles. The Hall–Kier alpha value is -1.63. The van der Waals surface area contributed by atoms with Gasteiger partial charge < -0.3 is 21.1 Å². The number of nitrogens with one attached hydrogen (secondary N) is 1. The van der Waals surface area contributed by atoms with Crippen LogP contribution in [-0.2, 0) is 14.4 Å². The van der Waals surface area contributed by atoms with Gasteiger partial charge in [0.15, 0.2) is 0 Å². The Morgan fingerprint density at radius 3 is 2.74 bits per heavy atom. The Bertz CT molecular complexity index is 359. The van der Waals surface area contributed by atoms with E-state index in [1.807, 2.05) is 0 Å². The van der Waals surface area contributed by atoms with E-state index in [4.69, 9.17) is 10.8 Å². The van der Waals surface area contributed by atoms with Gasteiger partial charge in [0.2, 0.25) is 17.7 Å². The van der Waals surface area contributed by atoms with Crippen LogP contribution in [0.1, 0.15) is 19.8 Å². The predicted molar refractivity (Wildman–Crippen MR) is 67.8 cm³/mol. The number of hydrogen-bond donors (Lipinski definition) is 3. The van der Waals surface area contributed by atoms with Gasteiger partial charge in [-0.1, -0.05) is 0 Å². The summed E-state index contributed by atoms with van der Waals surface area (Å²) in [6.45, 7) is 2.41. The molecule has 7 heteroatoms. The molecule has 1 saturated heterocycles. The third kappa shape index (κ3) is 4.20. The first kappa shape index (κ1) is 15.4. The molecule has 1 rings (SSSR count). The normalized spacial score (nSPS) is 20.7. The number of carbonyl (C=O) groups is 3. The maximum absolute atomic E-state index is 12.0. The topological polar surface area (TPSA) is 113 Å². The van der Waals surface area contributed by atoms with Gasteiger partial charge in [0.05, 0.1) is 12.5 Å². The van der Waals surface area contributed by atoms with Crippen LogP contribution in [0.15, 0.2) is 0 Å². The number of primary amides is 1. The van der Waals surface area contributed by atoms with Crippen LogP contribution in [-0.4, -0.2) is 54.0 Å². The van der Waals surface area contributed by atoms with Gasteiger partial charge in [0.25, 0.3) is 0 Å². The Labute approximate surface area is 112 Å². The van der Waals surface area contributed by atoms with Crippen LogP contribution >= 0.6 is 0 Å². The maximum atomic E-state index is 12.0. The van der Waals surface area contributed by atoms with E-state index in [2.05, 4.69) is 5.32 Å². The summed E-state index contributed by atoms with van der Waals surface area (Å²) in [6.07, 6.45) is 1.42. The van der Waals surface area contributed by atoms with E-state index in [0.717, 1.165) is 0 Å². The van der Waals surface area contributed by atoms with Gasteiger partial charge in [-0.05, 0) is 19.8 Å². The molecule has 3 amide bonds. The summed E-state index contributed by atoms with van der Waals surface area (Å²) in [5, 5.41) is 11.3. The molecule has 4 N–H and O–H groups in total. The molecule has 1 aliphatic rings. The SMILES string of the molecule is CC(C(N)=O)C(=O)N1CCCC(C(=O)NCCO)C1. The number of nitrogens with zero attached hydrogens (tertiary/aromatic N) is 1. The molecule has 108 valence electrons. The molecule has 0 spiro atoms. The van der Waals surface area contributed by atoms with Crippen molar-refractivity contribution in [1.82, 2.24) is 10.2 Å². The first-order chi connectivity index (χ1) is 8.97. The Kier molecular flexibility index (Phi) is 5.75. The van der Waals surface area contributed by atoms with Crippen molar-refractivity contribution in [2.75, 3.05) is 26.2 Å². The smallest absolute Gasteiger partial charge is 0.234 e. The van der Waals surface area contributed by atoms with Crippen LogP contribution in [0.25, 0.3) is 0 Å². The Balaban J connectivity index is 2.56. The lowest BCUT2D eigenvalue weighted by Crippen LogP contribution is -2.49. The van der Waals surface area contributed by atoms with Gasteiger partial charge in [-0.25, -0.2) is 0 Å². The number of hydrogen-bond acceptors (Lipinski definition) is 4. The average molecular weight is 271 g/mol. The lowest BCUT2D eigenvalue weighted by Gasteiger charge is -2.33. The molecule has 1 fully saturated rings. The lowest BCUT2D eigenvalue weighted by molar-refractivity contribution is -0.142. The van der Waals surface area contributed by atoms with Gasteiger partial charge in [-0.2, -0.15) is 0 Å². The van der Waals surface area contributed by atoms with E-state index in [0.29, 0.717) is 25.9 Å². The summed E-state index contributed by atoms with van der Waals surface area (Å²) in [5.74, 6) is -2.30. The molecular formula is C12H21N3O4. The molecule has 19 heavy (non-hydrogen) atoms. The fourth-order valence-electron chi connectivity index (χ4n) is 2.11. The number of aliphatic hydroxyl groups is 1. The number of aliphatic hydroxyl groups excluding tert-OH is 1. The van der Waals surface area contributed by atoms with E-state index < -0.39 is 11.8 Å². The van der Waals surface area contributed by atoms with Crippen LogP contribution in [0.4, 0.5) is 0 Å². The monoisotopic (exact) mass is 271 g/mol. The van der Waals surface area contributed by atoms with Crippen molar-refractivity contribution in [3.05, 3.63) is 0 Å². The van der Waals surface area contributed by atoms with E-state index in [-0.39, 0.29) is 30.9 Å². The fourth-order valence-corrected chi connectivity index (χ4v) is 2.11. The van der Waals surface area contributed by atoms with Crippen molar-refractivity contribution in [3.8, 4) is 0 Å². The number of amides is 3. The van der Waals surface area contributed by atoms with Gasteiger partial charge in [-0.15, -0.1) is 0 Å². The van der Waals surface area contributed by atoms with Crippen molar-refractivity contribution < 1.29 is 19.5 Å². The van der Waals surface area contributed by atoms with Crippen molar-refractivity contribution >= 4 is 17.7 Å². The number of likely N-dealkylation sites (tertiary alicyclic amines) is 1. The second-order valence-electron chi connectivity index (χ2n) is 4.76. The van der Waals surface area contributed by atoms with Crippen LogP contribution in [0, 0.1) is 11.8 Å². The Morgan fingerprint density at radius 2 is 2.16 bits per heavy atom. The molecule has 0 aromatic heterocycles. The zero-order valence-corrected chi connectivity index (χ0v) is 11.1. The average Bonchev–Trinajstić information content (AvgIpc) is 2.43. The minimum absolute atomic E-state index is 0.111. The van der Waals surface area contributed by atoms with Crippen LogP contribution in [0.5, 0.6) is 0 Å². The molecule has 0 aromatic carbocycles. The molecule has 1 heterocycles. The fraction of sp³-hybridized carbons (Fsp3) is 0.750. The summed E-state index contributed by atoms with van der Waals surface area (Å²) < 4.78 is 0. The van der Waals surface area contributed by atoms with Crippen LogP contribution in [0.3, 0.4) is 0 Å². The molecule has 7 nitrogen and oxygen atoms in total. The van der Waals surface area contributed by atoms with Crippen molar-refractivity contribution in [1.29, 1.82) is 0 Å². The second-order valence-corrected chi connectivity index (χ2v) is 4.76. The standard InChI is InChI=1S/C12H21N3O4/c1-8(10(13)17)12(19)15-5-2-3-9(7-15)11(18)14-4-6-16/h8-9,16H,2-7H2,1H3,(H2,13,17)(H,14,18). The molecule has 2 atom stereocenters. The van der Waals surface area contributed by atoms with E-state index in [9.17, 15) is 14.4 Å². The largest absolute Gasteiger partial charge is 0.395 e. The van der Waals surface area contributed by atoms with E-state index >= 15 is 0 Å². The van der Waals surface area contributed by atoms with Gasteiger partial charge in [0, 0.05) is 19.6 Å². The minimum atomic E-state index is -0.862. The summed E-state index contributed by atoms with van der Waals surface area (Å²) in [7, 11) is 0. The highest BCUT2D eigenvalue weighted by Crippen LogP contribution is 2.18. The summed E-state index contributed by atoms with van der Waals surface area (Å²) in [5.41, 5.74) is 5.11. The molecule has 1 aliphatic heterocycles. The van der Waals surface area contributed by atoms with E-state index in [1.165, 1.54) is 11.8 Å². The zero-order chi connectivity index (χ0) is 14.4. The van der Waals surface area contributed by atoms with E-state index in [1.54, 1.807) is 0 Å². The predicted octanol–water partition coefficient (Wildman–Crippen LogP) is -1.55. The van der Waals surface area contributed by atoms with Crippen LogP contribution in [0.2, 0.25) is 0 Å². The summed E-state index contributed by atoms with van der Waals surface area (Å²) >= 11 is 0. The third-order valence-corrected chi connectivity index (χ3v) is 3.31. The summed E-state index contributed by atoms with van der Waals surface area (Å²) in [6, 6.07) is 0. The number of carbonyl (C=O) groups excluding carboxylic acids is 3. The first-order valence-corrected chi connectivity index (χ1v) is 6.44. The van der Waals surface area contributed by atoms with Crippen molar-refractivity contribution in [2.24, 2.45) is 17.6 Å². The molecule has 0 aromatic rings. The third-order valence-electron chi connectivity index (χ3n) is 3.31. The molecule has 2 unspecified atom stereocenters.